The zero-order valence-corrected chi connectivity index (χ0v) is 32.4. The molecule has 0 unspecified atom stereocenters. The molecule has 4 aromatic rings. The number of hydrogen-bond acceptors (Lipinski definition) is 9. The summed E-state index contributed by atoms with van der Waals surface area (Å²) in [6, 6.07) is 23.9. The number of aliphatic hydroxyl groups excluding tert-OH is 1. The lowest BCUT2D eigenvalue weighted by atomic mass is 9.76. The van der Waals surface area contributed by atoms with Gasteiger partial charge in [-0.15, -0.1) is 0 Å². The number of nitrogens with zero attached hydrogens (tertiary/aromatic N) is 1. The molecule has 2 heterocycles. The average Bonchev–Trinajstić information content (AvgIpc) is 3.13. The van der Waals surface area contributed by atoms with Gasteiger partial charge in [0.1, 0.15) is 35.4 Å². The van der Waals surface area contributed by atoms with Crippen molar-refractivity contribution in [1.29, 1.82) is 0 Å². The van der Waals surface area contributed by atoms with E-state index < -0.39 is 49.5 Å². The van der Waals surface area contributed by atoms with Crippen molar-refractivity contribution in [2.75, 3.05) is 34.0 Å². The van der Waals surface area contributed by atoms with E-state index in [-0.39, 0.29) is 24.9 Å². The van der Waals surface area contributed by atoms with Crippen LogP contribution in [0, 0.1) is 6.92 Å². The second kappa shape index (κ2) is 16.3. The Kier molecular flexibility index (Phi) is 12.3. The van der Waals surface area contributed by atoms with Gasteiger partial charge in [-0.3, -0.25) is 14.3 Å². The first-order valence-electron chi connectivity index (χ1n) is 17.6. The Labute approximate surface area is 306 Å². The second-order valence-electron chi connectivity index (χ2n) is 14.7. The third-order valence-corrected chi connectivity index (χ3v) is 14.9. The van der Waals surface area contributed by atoms with E-state index in [1.807, 2.05) is 78.9 Å². The molecule has 0 saturated carbocycles. The lowest BCUT2D eigenvalue weighted by molar-refractivity contribution is -0.239. The summed E-state index contributed by atoms with van der Waals surface area (Å²) in [5.41, 5.74) is 0.158. The zero-order chi connectivity index (χ0) is 37.7. The summed E-state index contributed by atoms with van der Waals surface area (Å²) in [5.74, 6) is 1.30. The number of hydrogen-bond donors (Lipinski definition) is 2. The highest BCUT2D eigenvalue weighted by Crippen LogP contribution is 2.45. The van der Waals surface area contributed by atoms with Crippen molar-refractivity contribution in [1.82, 2.24) is 9.55 Å². The fourth-order valence-electron chi connectivity index (χ4n) is 6.32. The third kappa shape index (κ3) is 8.27. The summed E-state index contributed by atoms with van der Waals surface area (Å²) in [4.78, 5) is 28.0. The van der Waals surface area contributed by atoms with E-state index in [1.54, 1.807) is 21.1 Å². The molecule has 2 N–H and O–H groups in total. The molecule has 12 heteroatoms. The molecule has 0 amide bonds. The maximum absolute atomic E-state index is 13.3. The van der Waals surface area contributed by atoms with Crippen molar-refractivity contribution in [3.05, 3.63) is 128 Å². The maximum atomic E-state index is 13.3. The third-order valence-electron chi connectivity index (χ3n) is 10.4. The first-order valence-corrected chi connectivity index (χ1v) is 20.5. The predicted molar refractivity (Wildman–Crippen MR) is 202 cm³/mol. The number of aliphatic hydroxyl groups is 1. The van der Waals surface area contributed by atoms with Crippen LogP contribution < -0.4 is 20.7 Å². The first-order chi connectivity index (χ1) is 24.7. The molecule has 1 aliphatic rings. The van der Waals surface area contributed by atoms with Crippen LogP contribution in [0.5, 0.6) is 11.5 Å². The first kappa shape index (κ1) is 39.2. The predicted octanol–water partition coefficient (Wildman–Crippen LogP) is 5.73. The molecule has 3 aromatic carbocycles. The van der Waals surface area contributed by atoms with Crippen LogP contribution in [0.4, 0.5) is 0 Å². The molecule has 1 aromatic heterocycles. The van der Waals surface area contributed by atoms with Gasteiger partial charge >= 0.3 is 5.69 Å². The molecule has 11 nitrogen and oxygen atoms in total. The van der Waals surface area contributed by atoms with Gasteiger partial charge < -0.3 is 33.2 Å². The molecule has 4 atom stereocenters. The molecule has 0 aliphatic carbocycles. The van der Waals surface area contributed by atoms with Crippen LogP contribution in [0.3, 0.4) is 0 Å². The molecule has 1 saturated heterocycles. The highest BCUT2D eigenvalue weighted by atomic mass is 28.4. The quantitative estimate of drug-likeness (QED) is 0.123. The molecule has 5 rings (SSSR count). The Hall–Kier alpha value is -4.04. The number of aryl methyl sites for hydroxylation is 1. The number of ether oxygens (including phenoxy) is 5. The number of aromatic amines is 1. The van der Waals surface area contributed by atoms with E-state index in [1.165, 1.54) is 10.8 Å². The summed E-state index contributed by atoms with van der Waals surface area (Å²) >= 11 is 0. The summed E-state index contributed by atoms with van der Waals surface area (Å²) in [6.45, 7) is 13.0. The maximum Gasteiger partial charge on any atom is 0.328 e. The van der Waals surface area contributed by atoms with E-state index in [0.717, 1.165) is 5.56 Å². The molecule has 52 heavy (non-hydrogen) atoms. The smallest absolute Gasteiger partial charge is 0.328 e. The van der Waals surface area contributed by atoms with E-state index in [0.29, 0.717) is 34.8 Å². The Morgan fingerprint density at radius 1 is 0.885 bits per heavy atom. The van der Waals surface area contributed by atoms with Gasteiger partial charge in [0.15, 0.2) is 8.32 Å². The van der Waals surface area contributed by atoms with Crippen LogP contribution in [0.2, 0.25) is 18.1 Å². The lowest BCUT2D eigenvalue weighted by Gasteiger charge is -2.49. The molecule has 1 fully saturated rings. The van der Waals surface area contributed by atoms with Gasteiger partial charge in [0.25, 0.3) is 5.56 Å². The fourth-order valence-corrected chi connectivity index (χ4v) is 7.35. The van der Waals surface area contributed by atoms with E-state index in [4.69, 9.17) is 28.1 Å². The minimum absolute atomic E-state index is 0.00794. The van der Waals surface area contributed by atoms with Gasteiger partial charge in [0, 0.05) is 11.8 Å². The van der Waals surface area contributed by atoms with Crippen LogP contribution in [0.25, 0.3) is 0 Å². The largest absolute Gasteiger partial charge is 0.497 e. The molecule has 280 valence electrons. The molecule has 0 spiro atoms. The van der Waals surface area contributed by atoms with Crippen molar-refractivity contribution in [3.63, 3.8) is 0 Å². The van der Waals surface area contributed by atoms with Crippen LogP contribution in [-0.2, 0) is 30.8 Å². The number of methoxy groups -OCH3 is 2. The molecule has 0 radical (unpaired) electrons. The Bertz CT molecular complexity index is 1820. The van der Waals surface area contributed by atoms with Crippen molar-refractivity contribution in [2.45, 2.75) is 82.4 Å². The number of rotatable bonds is 14. The number of benzene rings is 3. The normalized spacial score (nSPS) is 19.7. The fraction of sp³-hybridized carbons (Fsp3) is 0.450. The molecule has 0 bridgehead atoms. The number of aromatic nitrogens is 2. The van der Waals surface area contributed by atoms with Crippen LogP contribution in [0.15, 0.2) is 94.6 Å². The van der Waals surface area contributed by atoms with Gasteiger partial charge in [-0.2, -0.15) is 0 Å². The van der Waals surface area contributed by atoms with Crippen molar-refractivity contribution in [3.8, 4) is 11.5 Å². The SMILES string of the molecule is COc1ccc(C(OCc2ccccc2)(c2ccc(OC)cc2)[C@@H]2OC[C@H](n3cc(C)c(=O)[nH]c3=O)[C@@H](OCCO[Si](C)(C)C(C)(C)C)[C@@H]2O)cc1. The Morgan fingerprint density at radius 3 is 2.00 bits per heavy atom. The highest BCUT2D eigenvalue weighted by molar-refractivity contribution is 6.74. The van der Waals surface area contributed by atoms with Gasteiger partial charge in [0.05, 0.1) is 46.7 Å². The Morgan fingerprint density at radius 2 is 1.46 bits per heavy atom. The summed E-state index contributed by atoms with van der Waals surface area (Å²) in [6.07, 6.45) is -1.87. The van der Waals surface area contributed by atoms with Crippen LogP contribution in [-0.4, -0.2) is 75.3 Å². The second-order valence-corrected chi connectivity index (χ2v) is 19.5. The summed E-state index contributed by atoms with van der Waals surface area (Å²) < 4.78 is 39.1. The van der Waals surface area contributed by atoms with E-state index in [2.05, 4.69) is 38.8 Å². The van der Waals surface area contributed by atoms with Crippen molar-refractivity contribution < 1.29 is 33.2 Å². The topological polar surface area (TPSA) is 130 Å². The van der Waals surface area contributed by atoms with Crippen molar-refractivity contribution >= 4 is 8.32 Å². The number of nitrogens with one attached hydrogen (secondary N) is 1. The van der Waals surface area contributed by atoms with Gasteiger partial charge in [0.2, 0.25) is 0 Å². The standard InChI is InChI=1S/C40H52N2O9Si/c1-27-24-42(38(45)41-37(27)44)33-26-49-36(34(43)35(33)48-22-23-51-52(7,8)39(2,3)4)40(29-14-18-31(46-5)19-15-29,30-16-20-32(47-6)21-17-30)50-25-28-12-10-9-11-13-28/h9-21,24,33-36,43H,22-23,25-26H2,1-8H3,(H,41,44,45)/t33-,34-,35+,36+/m0/s1. The Balaban J connectivity index is 1.63. The van der Waals surface area contributed by atoms with Crippen LogP contribution in [0.1, 0.15) is 49.1 Å². The van der Waals surface area contributed by atoms with Crippen LogP contribution >= 0.6 is 0 Å². The van der Waals surface area contributed by atoms with Gasteiger partial charge in [-0.1, -0.05) is 75.4 Å². The minimum atomic E-state index is -2.11. The van der Waals surface area contributed by atoms with Gasteiger partial charge in [-0.25, -0.2) is 4.79 Å². The monoisotopic (exact) mass is 732 g/mol. The lowest BCUT2D eigenvalue weighted by Crippen LogP contribution is -2.61. The van der Waals surface area contributed by atoms with Gasteiger partial charge in [-0.05, 0) is 66.0 Å². The summed E-state index contributed by atoms with van der Waals surface area (Å²) in [7, 11) is 1.10. The summed E-state index contributed by atoms with van der Waals surface area (Å²) in [5, 5.41) is 12.6. The molecular weight excluding hydrogens is 681 g/mol. The minimum Gasteiger partial charge on any atom is -0.497 e. The highest BCUT2D eigenvalue weighted by Gasteiger charge is 2.54. The zero-order valence-electron chi connectivity index (χ0n) is 31.4. The van der Waals surface area contributed by atoms with E-state index in [9.17, 15) is 14.7 Å². The number of H-pyrrole nitrogens is 1. The van der Waals surface area contributed by atoms with Crippen molar-refractivity contribution in [2.24, 2.45) is 0 Å². The molecule has 1 aliphatic heterocycles. The average molecular weight is 733 g/mol. The molecular formula is C40H52N2O9Si. The van der Waals surface area contributed by atoms with E-state index >= 15 is 0 Å².